The van der Waals surface area contributed by atoms with Crippen molar-refractivity contribution in [2.75, 3.05) is 12.8 Å². The molecule has 1 aromatic heterocycles. The summed E-state index contributed by atoms with van der Waals surface area (Å²) in [6.45, 7) is 2.28. The van der Waals surface area contributed by atoms with Crippen molar-refractivity contribution in [3.8, 4) is 5.75 Å². The highest BCUT2D eigenvalue weighted by Crippen LogP contribution is 2.32. The summed E-state index contributed by atoms with van der Waals surface area (Å²) in [4.78, 5) is 14.6. The summed E-state index contributed by atoms with van der Waals surface area (Å²) in [6.07, 6.45) is 2.89. The predicted molar refractivity (Wildman–Crippen MR) is 93.0 cm³/mol. The van der Waals surface area contributed by atoms with E-state index in [1.807, 2.05) is 17.9 Å². The minimum Gasteiger partial charge on any atom is -0.478 e. The van der Waals surface area contributed by atoms with Gasteiger partial charge in [0.15, 0.2) is 28.7 Å². The van der Waals surface area contributed by atoms with E-state index in [0.717, 1.165) is 23.8 Å². The van der Waals surface area contributed by atoms with Crippen molar-refractivity contribution in [3.05, 3.63) is 35.9 Å². The molecule has 25 heavy (non-hydrogen) atoms. The zero-order valence-corrected chi connectivity index (χ0v) is 15.3. The molecule has 2 atom stereocenters. The Kier molecular flexibility index (Phi) is 5.27. The predicted octanol–water partition coefficient (Wildman–Crippen LogP) is 2.81. The molecule has 0 bridgehead atoms. The number of carbonyl (C=O) groups excluding carboxylic acids is 1. The van der Waals surface area contributed by atoms with Crippen molar-refractivity contribution in [3.63, 3.8) is 0 Å². The Morgan fingerprint density at radius 2 is 2.16 bits per heavy atom. The van der Waals surface area contributed by atoms with E-state index >= 15 is 0 Å². The summed E-state index contributed by atoms with van der Waals surface area (Å²) in [6, 6.07) is 5.97. The number of thioether (sulfide) groups is 1. The normalized spacial score (nSPS) is 18.4. The average molecular weight is 364 g/mol. The number of carbonyl (C=O) groups is 1. The number of rotatable bonds is 5. The molecule has 6 nitrogen and oxygen atoms in total. The Morgan fingerprint density at radius 3 is 2.84 bits per heavy atom. The first-order valence-corrected chi connectivity index (χ1v) is 9.40. The lowest BCUT2D eigenvalue weighted by molar-refractivity contribution is -0.139. The maximum atomic E-state index is 13.8. The van der Waals surface area contributed by atoms with Crippen LogP contribution in [-0.2, 0) is 11.8 Å². The Labute approximate surface area is 150 Å². The molecule has 8 heteroatoms. The molecule has 0 saturated carbocycles. The zero-order valence-electron chi connectivity index (χ0n) is 14.5. The maximum Gasteiger partial charge on any atom is 0.263 e. The van der Waals surface area contributed by atoms with Gasteiger partial charge in [-0.3, -0.25) is 4.79 Å². The topological polar surface area (TPSA) is 60.3 Å². The molecule has 2 aromatic rings. The van der Waals surface area contributed by atoms with Crippen LogP contribution in [0.15, 0.2) is 29.4 Å². The van der Waals surface area contributed by atoms with E-state index in [1.54, 1.807) is 24.0 Å². The van der Waals surface area contributed by atoms with E-state index in [9.17, 15) is 9.18 Å². The minimum absolute atomic E-state index is 0.0856. The fourth-order valence-electron chi connectivity index (χ4n) is 3.11. The maximum absolute atomic E-state index is 13.8. The molecule has 0 aliphatic carbocycles. The monoisotopic (exact) mass is 364 g/mol. The van der Waals surface area contributed by atoms with Crippen LogP contribution in [0.25, 0.3) is 0 Å². The van der Waals surface area contributed by atoms with Gasteiger partial charge in [-0.05, 0) is 38.2 Å². The summed E-state index contributed by atoms with van der Waals surface area (Å²) in [7, 11) is 1.90. The number of aromatic nitrogens is 3. The molecule has 0 unspecified atom stereocenters. The summed E-state index contributed by atoms with van der Waals surface area (Å²) in [5, 5.41) is 9.22. The smallest absolute Gasteiger partial charge is 0.263 e. The first kappa shape index (κ1) is 17.7. The molecule has 1 aromatic carbocycles. The lowest BCUT2D eigenvalue weighted by Crippen LogP contribution is -2.40. The van der Waals surface area contributed by atoms with Crippen LogP contribution in [0.4, 0.5) is 4.39 Å². The summed E-state index contributed by atoms with van der Waals surface area (Å²) < 4.78 is 21.2. The second-order valence-electron chi connectivity index (χ2n) is 5.98. The standard InChI is InChI=1S/C17H21FN4O2S/c1-11(24-14-9-5-4-7-12(14)18)16(23)22-10-6-8-13(22)15-19-20-17(25-3)21(15)2/h4-5,7,9,11,13H,6,8,10H2,1-3H3/t11-,13-/m0/s1. The molecule has 0 radical (unpaired) electrons. The van der Waals surface area contributed by atoms with Crippen molar-refractivity contribution in [1.29, 1.82) is 0 Å². The third-order valence-corrected chi connectivity index (χ3v) is 5.09. The van der Waals surface area contributed by atoms with E-state index in [4.69, 9.17) is 4.74 Å². The molecular formula is C17H21FN4O2S. The molecule has 1 saturated heterocycles. The number of hydrogen-bond donors (Lipinski definition) is 0. The molecule has 1 fully saturated rings. The van der Waals surface area contributed by atoms with Gasteiger partial charge in [-0.15, -0.1) is 10.2 Å². The van der Waals surface area contributed by atoms with E-state index in [2.05, 4.69) is 10.2 Å². The first-order chi connectivity index (χ1) is 12.0. The molecule has 1 amide bonds. The Balaban J connectivity index is 1.76. The van der Waals surface area contributed by atoms with Gasteiger partial charge < -0.3 is 14.2 Å². The lowest BCUT2D eigenvalue weighted by atomic mass is 10.2. The number of hydrogen-bond acceptors (Lipinski definition) is 5. The van der Waals surface area contributed by atoms with Crippen molar-refractivity contribution in [2.45, 2.75) is 37.1 Å². The van der Waals surface area contributed by atoms with Gasteiger partial charge in [-0.25, -0.2) is 4.39 Å². The van der Waals surface area contributed by atoms with Gasteiger partial charge in [0, 0.05) is 13.6 Å². The number of nitrogens with zero attached hydrogens (tertiary/aromatic N) is 4. The SMILES string of the molecule is CSc1nnc([C@@H]2CCCN2C(=O)[C@H](C)Oc2ccccc2F)n1C. The number of benzene rings is 1. The highest BCUT2D eigenvalue weighted by molar-refractivity contribution is 7.98. The largest absolute Gasteiger partial charge is 0.478 e. The van der Waals surface area contributed by atoms with E-state index in [-0.39, 0.29) is 17.7 Å². The van der Waals surface area contributed by atoms with Gasteiger partial charge in [-0.1, -0.05) is 23.9 Å². The second kappa shape index (κ2) is 7.43. The van der Waals surface area contributed by atoms with Crippen LogP contribution < -0.4 is 4.74 Å². The third kappa shape index (κ3) is 3.49. The van der Waals surface area contributed by atoms with Gasteiger partial charge in [0.05, 0.1) is 6.04 Å². The van der Waals surface area contributed by atoms with Crippen molar-refractivity contribution >= 4 is 17.7 Å². The highest BCUT2D eigenvalue weighted by Gasteiger charge is 2.36. The highest BCUT2D eigenvalue weighted by atomic mass is 32.2. The van der Waals surface area contributed by atoms with E-state index in [0.29, 0.717) is 6.54 Å². The minimum atomic E-state index is -0.772. The molecule has 1 aliphatic rings. The van der Waals surface area contributed by atoms with Gasteiger partial charge in [-0.2, -0.15) is 0 Å². The average Bonchev–Trinajstić information content (AvgIpc) is 3.22. The molecular weight excluding hydrogens is 343 g/mol. The first-order valence-electron chi connectivity index (χ1n) is 8.18. The van der Waals surface area contributed by atoms with Crippen LogP contribution in [0.3, 0.4) is 0 Å². The van der Waals surface area contributed by atoms with E-state index < -0.39 is 11.9 Å². The van der Waals surface area contributed by atoms with Crippen LogP contribution in [0.1, 0.15) is 31.6 Å². The van der Waals surface area contributed by atoms with Crippen molar-refractivity contribution in [1.82, 2.24) is 19.7 Å². The van der Waals surface area contributed by atoms with E-state index in [1.165, 1.54) is 23.9 Å². The number of ether oxygens (including phenoxy) is 1. The number of amides is 1. The van der Waals surface area contributed by atoms with Gasteiger partial charge >= 0.3 is 0 Å². The Bertz CT molecular complexity index is 767. The molecule has 0 N–H and O–H groups in total. The Morgan fingerprint density at radius 1 is 1.40 bits per heavy atom. The quantitative estimate of drug-likeness (QED) is 0.764. The molecule has 3 rings (SSSR count). The zero-order chi connectivity index (χ0) is 18.0. The van der Waals surface area contributed by atoms with Crippen molar-refractivity contribution < 1.29 is 13.9 Å². The Hall–Kier alpha value is -2.09. The van der Waals surface area contributed by atoms with Crippen LogP contribution in [-0.4, -0.2) is 44.5 Å². The van der Waals surface area contributed by atoms with Gasteiger partial charge in [0.2, 0.25) is 0 Å². The fourth-order valence-corrected chi connectivity index (χ4v) is 3.60. The fraction of sp³-hybridized carbons (Fsp3) is 0.471. The lowest BCUT2D eigenvalue weighted by Gasteiger charge is -2.27. The summed E-state index contributed by atoms with van der Waals surface area (Å²) >= 11 is 1.51. The summed E-state index contributed by atoms with van der Waals surface area (Å²) in [5.41, 5.74) is 0. The molecule has 134 valence electrons. The number of halogens is 1. The number of likely N-dealkylation sites (tertiary alicyclic amines) is 1. The third-order valence-electron chi connectivity index (χ3n) is 4.37. The van der Waals surface area contributed by atoms with Crippen LogP contribution in [0.5, 0.6) is 5.75 Å². The van der Waals surface area contributed by atoms with Crippen LogP contribution in [0, 0.1) is 5.82 Å². The molecule has 2 heterocycles. The second-order valence-corrected chi connectivity index (χ2v) is 6.76. The van der Waals surface area contributed by atoms with Gasteiger partial charge in [0.1, 0.15) is 0 Å². The van der Waals surface area contributed by atoms with Crippen LogP contribution >= 0.6 is 11.8 Å². The van der Waals surface area contributed by atoms with Crippen LogP contribution in [0.2, 0.25) is 0 Å². The molecule has 0 spiro atoms. The van der Waals surface area contributed by atoms with Crippen molar-refractivity contribution in [2.24, 2.45) is 7.05 Å². The number of para-hydroxylation sites is 1. The summed E-state index contributed by atoms with van der Waals surface area (Å²) in [5.74, 6) is 0.216. The molecule has 1 aliphatic heterocycles. The van der Waals surface area contributed by atoms with Gasteiger partial charge in [0.25, 0.3) is 5.91 Å².